The monoisotopic (exact) mass is 452 g/mol. The van der Waals surface area contributed by atoms with Crippen LogP contribution < -0.4 is 4.74 Å². The number of halogens is 4. The number of pyridine rings is 1. The van der Waals surface area contributed by atoms with Crippen molar-refractivity contribution in [2.45, 2.75) is 31.2 Å². The zero-order valence-electron chi connectivity index (χ0n) is 16.2. The van der Waals surface area contributed by atoms with Crippen LogP contribution in [0.1, 0.15) is 12.8 Å². The van der Waals surface area contributed by atoms with Gasteiger partial charge in [-0.3, -0.25) is 9.88 Å². The molecule has 0 bridgehead atoms. The van der Waals surface area contributed by atoms with Gasteiger partial charge >= 0.3 is 12.1 Å². The van der Waals surface area contributed by atoms with Crippen LogP contribution in [0.25, 0.3) is 0 Å². The van der Waals surface area contributed by atoms with Gasteiger partial charge in [0.15, 0.2) is 0 Å². The maximum Gasteiger partial charge on any atom is 0.490 e. The van der Waals surface area contributed by atoms with Gasteiger partial charge in [-0.05, 0) is 12.8 Å². The SMILES string of the molecule is Clc1cncc(OC[C@H]2CO[C@@H]3CN(C4CCOCC4)C[C@H]23)c1.O=C(O)C(F)(F)F. The second-order valence-corrected chi connectivity index (χ2v) is 7.98. The lowest BCUT2D eigenvalue weighted by atomic mass is 9.94. The van der Waals surface area contributed by atoms with E-state index in [-0.39, 0.29) is 0 Å². The van der Waals surface area contributed by atoms with E-state index in [0.717, 1.165) is 51.5 Å². The minimum Gasteiger partial charge on any atom is -0.492 e. The summed E-state index contributed by atoms with van der Waals surface area (Å²) in [7, 11) is 0. The number of nitrogens with zero attached hydrogens (tertiary/aromatic N) is 2. The number of carboxylic acid groups (broad SMARTS) is 1. The summed E-state index contributed by atoms with van der Waals surface area (Å²) >= 11 is 5.95. The fourth-order valence-corrected chi connectivity index (χ4v) is 4.19. The number of ether oxygens (including phenoxy) is 3. The van der Waals surface area contributed by atoms with Crippen molar-refractivity contribution in [2.75, 3.05) is 39.5 Å². The van der Waals surface area contributed by atoms with Crippen LogP contribution in [0.2, 0.25) is 5.02 Å². The summed E-state index contributed by atoms with van der Waals surface area (Å²) in [5, 5.41) is 7.73. The summed E-state index contributed by atoms with van der Waals surface area (Å²) in [6, 6.07) is 2.47. The number of hydrogen-bond acceptors (Lipinski definition) is 6. The van der Waals surface area contributed by atoms with E-state index >= 15 is 0 Å². The molecular weight excluding hydrogens is 429 g/mol. The van der Waals surface area contributed by atoms with Crippen LogP contribution in [-0.2, 0) is 14.3 Å². The Bertz CT molecular complexity index is 718. The van der Waals surface area contributed by atoms with Crippen molar-refractivity contribution in [3.05, 3.63) is 23.5 Å². The summed E-state index contributed by atoms with van der Waals surface area (Å²) in [6.45, 7) is 5.44. The van der Waals surface area contributed by atoms with Crippen molar-refractivity contribution in [1.29, 1.82) is 0 Å². The van der Waals surface area contributed by atoms with Crippen molar-refractivity contribution < 1.29 is 37.3 Å². The minimum atomic E-state index is -5.08. The predicted molar refractivity (Wildman–Crippen MR) is 101 cm³/mol. The lowest BCUT2D eigenvalue weighted by molar-refractivity contribution is -0.192. The Balaban J connectivity index is 0.000000318. The molecule has 3 atom stereocenters. The predicted octanol–water partition coefficient (Wildman–Crippen LogP) is 2.87. The maximum absolute atomic E-state index is 10.6. The molecule has 0 aliphatic carbocycles. The molecule has 1 aromatic rings. The Morgan fingerprint density at radius 1 is 1.30 bits per heavy atom. The molecule has 3 aliphatic rings. The first kappa shape index (κ1) is 23.1. The number of rotatable bonds is 4. The van der Waals surface area contributed by atoms with Crippen LogP contribution in [0, 0.1) is 11.8 Å². The van der Waals surface area contributed by atoms with E-state index in [1.807, 2.05) is 6.07 Å². The molecule has 3 aliphatic heterocycles. The van der Waals surface area contributed by atoms with Gasteiger partial charge in [0.1, 0.15) is 5.75 Å². The molecule has 0 aromatic carbocycles. The second-order valence-electron chi connectivity index (χ2n) is 7.55. The van der Waals surface area contributed by atoms with Gasteiger partial charge in [-0.2, -0.15) is 13.2 Å². The van der Waals surface area contributed by atoms with E-state index in [2.05, 4.69) is 9.88 Å². The van der Waals surface area contributed by atoms with E-state index in [9.17, 15) is 13.2 Å². The van der Waals surface area contributed by atoms with Crippen molar-refractivity contribution >= 4 is 17.6 Å². The zero-order valence-corrected chi connectivity index (χ0v) is 16.9. The number of aliphatic carboxylic acids is 1. The number of hydrogen-bond donors (Lipinski definition) is 1. The first-order valence-electron chi connectivity index (χ1n) is 9.71. The maximum atomic E-state index is 10.6. The van der Waals surface area contributed by atoms with Gasteiger partial charge in [0, 0.05) is 56.4 Å². The van der Waals surface area contributed by atoms with Crippen LogP contribution in [-0.4, -0.2) is 78.8 Å². The van der Waals surface area contributed by atoms with Crippen molar-refractivity contribution in [3.8, 4) is 5.75 Å². The third-order valence-electron chi connectivity index (χ3n) is 5.56. The minimum absolute atomic E-state index is 0.365. The molecule has 11 heteroatoms. The quantitative estimate of drug-likeness (QED) is 0.752. The molecule has 0 spiro atoms. The highest BCUT2D eigenvalue weighted by atomic mass is 35.5. The topological polar surface area (TPSA) is 81.1 Å². The third kappa shape index (κ3) is 6.19. The molecular formula is C19H24ClF3N2O5. The van der Waals surface area contributed by atoms with Gasteiger partial charge in [-0.25, -0.2) is 4.79 Å². The molecule has 0 saturated carbocycles. The Kier molecular flexibility index (Phi) is 7.78. The molecule has 3 fully saturated rings. The molecule has 4 heterocycles. The van der Waals surface area contributed by atoms with E-state index in [1.165, 1.54) is 0 Å². The van der Waals surface area contributed by atoms with Crippen molar-refractivity contribution in [1.82, 2.24) is 9.88 Å². The largest absolute Gasteiger partial charge is 0.492 e. The molecule has 0 radical (unpaired) electrons. The highest BCUT2D eigenvalue weighted by Gasteiger charge is 2.45. The van der Waals surface area contributed by atoms with Crippen LogP contribution in [0.15, 0.2) is 18.5 Å². The molecule has 3 saturated heterocycles. The van der Waals surface area contributed by atoms with E-state index in [0.29, 0.717) is 35.6 Å². The summed E-state index contributed by atoms with van der Waals surface area (Å²) in [5.74, 6) is -0.999. The van der Waals surface area contributed by atoms with Crippen LogP contribution in [0.5, 0.6) is 5.75 Å². The lowest BCUT2D eigenvalue weighted by Crippen LogP contribution is -2.39. The fraction of sp³-hybridized carbons (Fsp3) is 0.684. The summed E-state index contributed by atoms with van der Waals surface area (Å²) in [5.41, 5.74) is 0. The van der Waals surface area contributed by atoms with Gasteiger partial charge in [-0.15, -0.1) is 0 Å². The molecule has 168 valence electrons. The summed E-state index contributed by atoms with van der Waals surface area (Å²) < 4.78 is 49.1. The zero-order chi connectivity index (χ0) is 21.7. The molecule has 30 heavy (non-hydrogen) atoms. The number of likely N-dealkylation sites (tertiary alicyclic amines) is 1. The van der Waals surface area contributed by atoms with Gasteiger partial charge in [0.05, 0.1) is 30.5 Å². The van der Waals surface area contributed by atoms with Gasteiger partial charge in [0.25, 0.3) is 0 Å². The highest BCUT2D eigenvalue weighted by molar-refractivity contribution is 6.30. The number of fused-ring (bicyclic) bond motifs is 1. The first-order valence-corrected chi connectivity index (χ1v) is 10.1. The van der Waals surface area contributed by atoms with Crippen molar-refractivity contribution in [3.63, 3.8) is 0 Å². The molecule has 0 amide bonds. The van der Waals surface area contributed by atoms with Crippen LogP contribution in [0.3, 0.4) is 0 Å². The van der Waals surface area contributed by atoms with Crippen LogP contribution in [0.4, 0.5) is 13.2 Å². The van der Waals surface area contributed by atoms with E-state index in [1.54, 1.807) is 12.4 Å². The number of carboxylic acids is 1. The average molecular weight is 453 g/mol. The molecule has 0 unspecified atom stereocenters. The normalized spacial score (nSPS) is 27.3. The van der Waals surface area contributed by atoms with Crippen molar-refractivity contribution in [2.24, 2.45) is 11.8 Å². The van der Waals surface area contributed by atoms with Gasteiger partial charge in [0.2, 0.25) is 0 Å². The standard InChI is InChI=1S/C17H23ClN2O3.C2HF3O2/c18-13-5-15(7-19-6-13)22-10-12-11-23-17-9-20(8-16(12)17)14-1-3-21-4-2-14;3-2(4,5)1(6)7/h5-7,12,14,16-17H,1-4,8-11H2;(H,6,7)/t12-,16+,17+;/m0./s1. The second kappa shape index (κ2) is 10.1. The van der Waals surface area contributed by atoms with E-state index in [4.69, 9.17) is 35.7 Å². The Morgan fingerprint density at radius 3 is 2.63 bits per heavy atom. The van der Waals surface area contributed by atoms with Gasteiger partial charge in [-0.1, -0.05) is 11.6 Å². The average Bonchev–Trinajstić information content (AvgIpc) is 3.28. The molecule has 7 nitrogen and oxygen atoms in total. The fourth-order valence-electron chi connectivity index (χ4n) is 4.02. The van der Waals surface area contributed by atoms with E-state index < -0.39 is 12.1 Å². The Morgan fingerprint density at radius 2 is 2.00 bits per heavy atom. The van der Waals surface area contributed by atoms with Gasteiger partial charge < -0.3 is 19.3 Å². The highest BCUT2D eigenvalue weighted by Crippen LogP contribution is 2.36. The summed E-state index contributed by atoms with van der Waals surface area (Å²) in [6.07, 6.45) is 0.904. The lowest BCUT2D eigenvalue weighted by Gasteiger charge is -2.31. The number of alkyl halides is 3. The summed E-state index contributed by atoms with van der Waals surface area (Å²) in [4.78, 5) is 15.6. The number of carbonyl (C=O) groups is 1. The number of aromatic nitrogens is 1. The third-order valence-corrected chi connectivity index (χ3v) is 5.77. The molecule has 1 aromatic heterocycles. The molecule has 1 N–H and O–H groups in total. The Labute approximate surface area is 177 Å². The first-order chi connectivity index (χ1) is 14.2. The van der Waals surface area contributed by atoms with Crippen LogP contribution >= 0.6 is 11.6 Å². The molecule has 4 rings (SSSR count). The smallest absolute Gasteiger partial charge is 0.490 e. The Hall–Kier alpha value is -1.62.